The summed E-state index contributed by atoms with van der Waals surface area (Å²) < 4.78 is 28.1. The molecule has 2 rings (SSSR count). The third-order valence-corrected chi connectivity index (χ3v) is 3.11. The summed E-state index contributed by atoms with van der Waals surface area (Å²) in [4.78, 5) is 3.98. The standard InChI is InChI=1S/C11H6Br2F2N2/c12-6-4-8(14)10(9(15)5-6)17-11-7(13)2-1-3-16-11/h1-5H,(H,16,17). The first-order valence-electron chi connectivity index (χ1n) is 4.60. The maximum atomic E-state index is 13.6. The van der Waals surface area contributed by atoms with E-state index in [0.29, 0.717) is 14.8 Å². The number of benzene rings is 1. The van der Waals surface area contributed by atoms with Crippen molar-refractivity contribution in [3.8, 4) is 0 Å². The van der Waals surface area contributed by atoms with Crippen molar-refractivity contribution >= 4 is 43.4 Å². The molecule has 0 spiro atoms. The fraction of sp³-hybridized carbons (Fsp3) is 0. The molecule has 0 aliphatic heterocycles. The molecule has 2 nitrogen and oxygen atoms in total. The van der Waals surface area contributed by atoms with Gasteiger partial charge in [-0.15, -0.1) is 0 Å². The minimum Gasteiger partial charge on any atom is -0.334 e. The van der Waals surface area contributed by atoms with E-state index in [2.05, 4.69) is 42.2 Å². The Morgan fingerprint density at radius 3 is 2.35 bits per heavy atom. The van der Waals surface area contributed by atoms with Crippen molar-refractivity contribution in [3.05, 3.63) is 51.0 Å². The van der Waals surface area contributed by atoms with Gasteiger partial charge in [-0.05, 0) is 40.2 Å². The van der Waals surface area contributed by atoms with Crippen LogP contribution < -0.4 is 5.32 Å². The average Bonchev–Trinajstić information content (AvgIpc) is 2.25. The van der Waals surface area contributed by atoms with Crippen LogP contribution in [0, 0.1) is 11.6 Å². The number of hydrogen-bond donors (Lipinski definition) is 1. The fourth-order valence-electron chi connectivity index (χ4n) is 1.26. The predicted molar refractivity (Wildman–Crippen MR) is 69.3 cm³/mol. The van der Waals surface area contributed by atoms with Crippen molar-refractivity contribution in [3.63, 3.8) is 0 Å². The highest BCUT2D eigenvalue weighted by Gasteiger charge is 2.12. The number of pyridine rings is 1. The van der Waals surface area contributed by atoms with E-state index in [-0.39, 0.29) is 5.69 Å². The molecule has 0 aliphatic carbocycles. The second kappa shape index (κ2) is 5.10. The normalized spacial score (nSPS) is 10.4. The second-order valence-electron chi connectivity index (χ2n) is 3.20. The summed E-state index contributed by atoms with van der Waals surface area (Å²) in [5.41, 5.74) is -0.229. The number of rotatable bonds is 2. The Balaban J connectivity index is 2.40. The van der Waals surface area contributed by atoms with Gasteiger partial charge in [0, 0.05) is 10.7 Å². The highest BCUT2D eigenvalue weighted by atomic mass is 79.9. The molecule has 1 heterocycles. The topological polar surface area (TPSA) is 24.9 Å². The molecule has 0 saturated carbocycles. The van der Waals surface area contributed by atoms with Crippen LogP contribution >= 0.6 is 31.9 Å². The molecule has 0 bridgehead atoms. The van der Waals surface area contributed by atoms with E-state index < -0.39 is 11.6 Å². The Kier molecular flexibility index (Phi) is 3.73. The molecule has 0 aliphatic rings. The highest BCUT2D eigenvalue weighted by Crippen LogP contribution is 2.28. The smallest absolute Gasteiger partial charge is 0.150 e. The van der Waals surface area contributed by atoms with Crippen molar-refractivity contribution < 1.29 is 8.78 Å². The Labute approximate surface area is 113 Å². The van der Waals surface area contributed by atoms with Gasteiger partial charge in [0.05, 0.1) is 4.47 Å². The third kappa shape index (κ3) is 2.81. The number of anilines is 2. The summed E-state index contributed by atoms with van der Waals surface area (Å²) in [6.07, 6.45) is 1.53. The first-order chi connectivity index (χ1) is 8.08. The van der Waals surface area contributed by atoms with E-state index in [4.69, 9.17) is 0 Å². The van der Waals surface area contributed by atoms with Crippen molar-refractivity contribution in [1.82, 2.24) is 4.98 Å². The van der Waals surface area contributed by atoms with Crippen LogP contribution in [-0.4, -0.2) is 4.98 Å². The quantitative estimate of drug-likeness (QED) is 0.841. The molecule has 1 aromatic carbocycles. The molecule has 88 valence electrons. The predicted octanol–water partition coefficient (Wildman–Crippen LogP) is 4.63. The molecule has 0 amide bonds. The summed E-state index contributed by atoms with van der Waals surface area (Å²) in [7, 11) is 0. The average molecular weight is 364 g/mol. The zero-order valence-electron chi connectivity index (χ0n) is 8.35. The molecular weight excluding hydrogens is 358 g/mol. The summed E-state index contributed by atoms with van der Waals surface area (Å²) >= 11 is 6.25. The van der Waals surface area contributed by atoms with Crippen molar-refractivity contribution in [2.45, 2.75) is 0 Å². The molecule has 0 fully saturated rings. The maximum Gasteiger partial charge on any atom is 0.150 e. The lowest BCUT2D eigenvalue weighted by molar-refractivity contribution is 0.589. The number of nitrogens with zero attached hydrogens (tertiary/aromatic N) is 1. The van der Waals surface area contributed by atoms with E-state index in [0.717, 1.165) is 0 Å². The van der Waals surface area contributed by atoms with E-state index in [1.54, 1.807) is 12.1 Å². The Morgan fingerprint density at radius 2 is 1.76 bits per heavy atom. The summed E-state index contributed by atoms with van der Waals surface area (Å²) in [5, 5.41) is 2.61. The number of halogens is 4. The van der Waals surface area contributed by atoms with Crippen LogP contribution in [0.15, 0.2) is 39.4 Å². The van der Waals surface area contributed by atoms with Gasteiger partial charge in [-0.1, -0.05) is 15.9 Å². The number of aromatic nitrogens is 1. The molecule has 0 atom stereocenters. The second-order valence-corrected chi connectivity index (χ2v) is 4.97. The highest BCUT2D eigenvalue weighted by molar-refractivity contribution is 9.10. The van der Waals surface area contributed by atoms with Crippen molar-refractivity contribution in [2.75, 3.05) is 5.32 Å². The van der Waals surface area contributed by atoms with Crippen LogP contribution in [0.5, 0.6) is 0 Å². The van der Waals surface area contributed by atoms with Crippen LogP contribution in [0.3, 0.4) is 0 Å². The minimum absolute atomic E-state index is 0.229. The Hall–Kier alpha value is -1.01. The van der Waals surface area contributed by atoms with E-state index >= 15 is 0 Å². The van der Waals surface area contributed by atoms with Gasteiger partial charge < -0.3 is 5.32 Å². The van der Waals surface area contributed by atoms with Gasteiger partial charge in [0.2, 0.25) is 0 Å². The van der Waals surface area contributed by atoms with Crippen LogP contribution in [-0.2, 0) is 0 Å². The largest absolute Gasteiger partial charge is 0.334 e. The lowest BCUT2D eigenvalue weighted by atomic mass is 10.3. The lowest BCUT2D eigenvalue weighted by Gasteiger charge is -2.09. The van der Waals surface area contributed by atoms with Gasteiger partial charge in [-0.3, -0.25) is 0 Å². The zero-order chi connectivity index (χ0) is 12.4. The zero-order valence-corrected chi connectivity index (χ0v) is 11.5. The van der Waals surface area contributed by atoms with Crippen LogP contribution in [0.4, 0.5) is 20.3 Å². The third-order valence-electron chi connectivity index (χ3n) is 2.01. The van der Waals surface area contributed by atoms with Gasteiger partial charge in [0.15, 0.2) is 11.6 Å². The fourth-order valence-corrected chi connectivity index (χ4v) is 2.01. The molecule has 0 radical (unpaired) electrons. The monoisotopic (exact) mass is 362 g/mol. The summed E-state index contributed by atoms with van der Waals surface area (Å²) in [5.74, 6) is -1.02. The summed E-state index contributed by atoms with van der Waals surface area (Å²) in [6, 6.07) is 5.80. The van der Waals surface area contributed by atoms with Crippen molar-refractivity contribution in [1.29, 1.82) is 0 Å². The summed E-state index contributed by atoms with van der Waals surface area (Å²) in [6.45, 7) is 0. The van der Waals surface area contributed by atoms with Gasteiger partial charge >= 0.3 is 0 Å². The maximum absolute atomic E-state index is 13.6. The van der Waals surface area contributed by atoms with Gasteiger partial charge in [-0.25, -0.2) is 13.8 Å². The molecule has 2 aromatic rings. The first kappa shape index (κ1) is 12.4. The SMILES string of the molecule is Fc1cc(Br)cc(F)c1Nc1ncccc1Br. The first-order valence-corrected chi connectivity index (χ1v) is 6.18. The van der Waals surface area contributed by atoms with Gasteiger partial charge in [-0.2, -0.15) is 0 Å². The Morgan fingerprint density at radius 1 is 1.12 bits per heavy atom. The van der Waals surface area contributed by atoms with Gasteiger partial charge in [0.1, 0.15) is 11.5 Å². The van der Waals surface area contributed by atoms with Gasteiger partial charge in [0.25, 0.3) is 0 Å². The van der Waals surface area contributed by atoms with Crippen LogP contribution in [0.1, 0.15) is 0 Å². The molecule has 6 heteroatoms. The van der Waals surface area contributed by atoms with E-state index in [1.807, 2.05) is 0 Å². The number of nitrogens with one attached hydrogen (secondary N) is 1. The minimum atomic E-state index is -0.686. The molecule has 0 saturated heterocycles. The molecular formula is C11H6Br2F2N2. The van der Waals surface area contributed by atoms with Crippen LogP contribution in [0.2, 0.25) is 0 Å². The van der Waals surface area contributed by atoms with E-state index in [9.17, 15) is 8.78 Å². The lowest BCUT2D eigenvalue weighted by Crippen LogP contribution is -2.00. The Bertz CT molecular complexity index is 538. The van der Waals surface area contributed by atoms with Crippen LogP contribution in [0.25, 0.3) is 0 Å². The molecule has 17 heavy (non-hydrogen) atoms. The number of hydrogen-bond acceptors (Lipinski definition) is 2. The molecule has 1 aromatic heterocycles. The van der Waals surface area contributed by atoms with Crippen molar-refractivity contribution in [2.24, 2.45) is 0 Å². The molecule has 1 N–H and O–H groups in total. The van der Waals surface area contributed by atoms with E-state index in [1.165, 1.54) is 18.3 Å². The molecule has 0 unspecified atom stereocenters.